The first-order chi connectivity index (χ1) is 11.7. The Morgan fingerprint density at radius 1 is 0.958 bits per heavy atom. The highest BCUT2D eigenvalue weighted by Crippen LogP contribution is 2.35. The Hall–Kier alpha value is -2.13. The van der Waals surface area contributed by atoms with Gasteiger partial charge in [0, 0.05) is 12.5 Å². The largest absolute Gasteiger partial charge is 0.349 e. The summed E-state index contributed by atoms with van der Waals surface area (Å²) in [6.07, 6.45) is 5.20. The Labute approximate surface area is 144 Å². The first-order valence-electron chi connectivity index (χ1n) is 8.89. The SMILES string of the molecule is NC(CC(=O)NC(c1ccccc1)C1CCCC1)c1ccccc1. The van der Waals surface area contributed by atoms with E-state index < -0.39 is 0 Å². The van der Waals surface area contributed by atoms with Crippen LogP contribution in [0.1, 0.15) is 55.3 Å². The number of hydrogen-bond donors (Lipinski definition) is 2. The van der Waals surface area contributed by atoms with Gasteiger partial charge in [-0.05, 0) is 29.9 Å². The molecule has 0 spiro atoms. The van der Waals surface area contributed by atoms with Crippen molar-refractivity contribution < 1.29 is 4.79 Å². The molecule has 1 amide bonds. The summed E-state index contributed by atoms with van der Waals surface area (Å²) in [6, 6.07) is 20.0. The van der Waals surface area contributed by atoms with E-state index in [1.807, 2.05) is 48.5 Å². The van der Waals surface area contributed by atoms with Gasteiger partial charge in [0.05, 0.1) is 6.04 Å². The summed E-state index contributed by atoms with van der Waals surface area (Å²) in [5.74, 6) is 0.566. The van der Waals surface area contributed by atoms with Crippen molar-refractivity contribution in [3.05, 3.63) is 71.8 Å². The molecule has 2 aromatic rings. The Kier molecular flexibility index (Phi) is 5.65. The smallest absolute Gasteiger partial charge is 0.222 e. The third kappa shape index (κ3) is 4.24. The van der Waals surface area contributed by atoms with Crippen LogP contribution in [0.5, 0.6) is 0 Å². The molecule has 1 fully saturated rings. The van der Waals surface area contributed by atoms with Crippen LogP contribution in [0.25, 0.3) is 0 Å². The van der Waals surface area contributed by atoms with E-state index in [0.717, 1.165) is 5.56 Å². The first-order valence-corrected chi connectivity index (χ1v) is 8.89. The summed E-state index contributed by atoms with van der Waals surface area (Å²) in [6.45, 7) is 0. The molecule has 0 aromatic heterocycles. The van der Waals surface area contributed by atoms with E-state index >= 15 is 0 Å². The van der Waals surface area contributed by atoms with Crippen molar-refractivity contribution in [3.8, 4) is 0 Å². The van der Waals surface area contributed by atoms with Crippen LogP contribution in [0.4, 0.5) is 0 Å². The minimum atomic E-state index is -0.258. The van der Waals surface area contributed by atoms with E-state index in [1.165, 1.54) is 31.2 Å². The average Bonchev–Trinajstić information content (AvgIpc) is 3.15. The lowest BCUT2D eigenvalue weighted by Crippen LogP contribution is -2.34. The standard InChI is InChI=1S/C21H26N2O/c22-19(16-9-3-1-4-10-16)15-20(24)23-21(18-13-7-8-14-18)17-11-5-2-6-12-17/h1-6,9-12,18-19,21H,7-8,13-15,22H2,(H,23,24). The molecule has 1 aliphatic carbocycles. The van der Waals surface area contributed by atoms with E-state index in [0.29, 0.717) is 12.3 Å². The fraction of sp³-hybridized carbons (Fsp3) is 0.381. The molecule has 3 heteroatoms. The zero-order valence-corrected chi connectivity index (χ0v) is 14.0. The number of amides is 1. The molecule has 0 bridgehead atoms. The second-order valence-corrected chi connectivity index (χ2v) is 6.72. The van der Waals surface area contributed by atoms with Crippen LogP contribution >= 0.6 is 0 Å². The summed E-state index contributed by atoms with van der Waals surface area (Å²) in [5, 5.41) is 3.26. The molecule has 3 nitrogen and oxygen atoms in total. The molecule has 0 radical (unpaired) electrons. The zero-order valence-electron chi connectivity index (χ0n) is 14.0. The van der Waals surface area contributed by atoms with Gasteiger partial charge in [-0.1, -0.05) is 73.5 Å². The normalized spacial score (nSPS) is 17.4. The lowest BCUT2D eigenvalue weighted by atomic mass is 9.91. The van der Waals surface area contributed by atoms with E-state index in [1.54, 1.807) is 0 Å². The molecule has 24 heavy (non-hydrogen) atoms. The number of carbonyl (C=O) groups is 1. The molecule has 3 rings (SSSR count). The molecule has 0 saturated heterocycles. The fourth-order valence-corrected chi connectivity index (χ4v) is 3.67. The maximum absolute atomic E-state index is 12.6. The zero-order chi connectivity index (χ0) is 16.8. The van der Waals surface area contributed by atoms with Crippen LogP contribution in [0.15, 0.2) is 60.7 Å². The van der Waals surface area contributed by atoms with Gasteiger partial charge in [-0.2, -0.15) is 0 Å². The summed E-state index contributed by atoms with van der Waals surface area (Å²) in [7, 11) is 0. The van der Waals surface area contributed by atoms with E-state index in [-0.39, 0.29) is 18.0 Å². The molecule has 2 atom stereocenters. The van der Waals surface area contributed by atoms with Crippen molar-refractivity contribution in [1.29, 1.82) is 0 Å². The number of nitrogens with one attached hydrogen (secondary N) is 1. The Bertz CT molecular complexity index is 635. The Morgan fingerprint density at radius 3 is 2.08 bits per heavy atom. The number of nitrogens with two attached hydrogens (primary N) is 1. The van der Waals surface area contributed by atoms with Crippen molar-refractivity contribution in [2.24, 2.45) is 11.7 Å². The summed E-state index contributed by atoms with van der Waals surface area (Å²) < 4.78 is 0. The quantitative estimate of drug-likeness (QED) is 0.840. The van der Waals surface area contributed by atoms with Gasteiger partial charge in [0.15, 0.2) is 0 Å². The maximum Gasteiger partial charge on any atom is 0.222 e. The van der Waals surface area contributed by atoms with Gasteiger partial charge >= 0.3 is 0 Å². The molecule has 0 aliphatic heterocycles. The van der Waals surface area contributed by atoms with Crippen LogP contribution in [-0.2, 0) is 4.79 Å². The molecular weight excluding hydrogens is 296 g/mol. The minimum Gasteiger partial charge on any atom is -0.349 e. The van der Waals surface area contributed by atoms with E-state index in [4.69, 9.17) is 5.73 Å². The average molecular weight is 322 g/mol. The van der Waals surface area contributed by atoms with Crippen molar-refractivity contribution in [1.82, 2.24) is 5.32 Å². The topological polar surface area (TPSA) is 55.1 Å². The molecular formula is C21H26N2O. The van der Waals surface area contributed by atoms with Gasteiger partial charge in [-0.25, -0.2) is 0 Å². The van der Waals surface area contributed by atoms with Crippen molar-refractivity contribution in [2.45, 2.75) is 44.2 Å². The van der Waals surface area contributed by atoms with Crippen LogP contribution in [-0.4, -0.2) is 5.91 Å². The second kappa shape index (κ2) is 8.11. The predicted molar refractivity (Wildman–Crippen MR) is 97.3 cm³/mol. The number of rotatable bonds is 6. The lowest BCUT2D eigenvalue weighted by molar-refractivity contribution is -0.122. The van der Waals surface area contributed by atoms with E-state index in [9.17, 15) is 4.79 Å². The number of carbonyl (C=O) groups excluding carboxylic acids is 1. The molecule has 3 N–H and O–H groups in total. The van der Waals surface area contributed by atoms with Gasteiger partial charge < -0.3 is 11.1 Å². The molecule has 2 aromatic carbocycles. The number of benzene rings is 2. The van der Waals surface area contributed by atoms with Crippen molar-refractivity contribution in [3.63, 3.8) is 0 Å². The highest BCUT2D eigenvalue weighted by atomic mass is 16.1. The van der Waals surface area contributed by atoms with Crippen LogP contribution in [0.3, 0.4) is 0 Å². The van der Waals surface area contributed by atoms with Gasteiger partial charge in [0.1, 0.15) is 0 Å². The third-order valence-corrected chi connectivity index (χ3v) is 4.98. The second-order valence-electron chi connectivity index (χ2n) is 6.72. The fourth-order valence-electron chi connectivity index (χ4n) is 3.67. The number of hydrogen-bond acceptors (Lipinski definition) is 2. The summed E-state index contributed by atoms with van der Waals surface area (Å²) in [5.41, 5.74) is 8.41. The maximum atomic E-state index is 12.6. The first kappa shape index (κ1) is 16.7. The Balaban J connectivity index is 1.67. The molecule has 2 unspecified atom stereocenters. The molecule has 1 saturated carbocycles. The van der Waals surface area contributed by atoms with Crippen LogP contribution < -0.4 is 11.1 Å². The van der Waals surface area contributed by atoms with Gasteiger partial charge in [-0.3, -0.25) is 4.79 Å². The third-order valence-electron chi connectivity index (χ3n) is 4.98. The Morgan fingerprint density at radius 2 is 1.50 bits per heavy atom. The van der Waals surface area contributed by atoms with Gasteiger partial charge in [0.2, 0.25) is 5.91 Å². The summed E-state index contributed by atoms with van der Waals surface area (Å²) >= 11 is 0. The highest BCUT2D eigenvalue weighted by molar-refractivity contribution is 5.77. The van der Waals surface area contributed by atoms with Gasteiger partial charge in [-0.15, -0.1) is 0 Å². The molecule has 0 heterocycles. The van der Waals surface area contributed by atoms with Crippen molar-refractivity contribution >= 4 is 5.91 Å². The molecule has 1 aliphatic rings. The monoisotopic (exact) mass is 322 g/mol. The van der Waals surface area contributed by atoms with E-state index in [2.05, 4.69) is 17.4 Å². The highest BCUT2D eigenvalue weighted by Gasteiger charge is 2.28. The van der Waals surface area contributed by atoms with Crippen LogP contribution in [0.2, 0.25) is 0 Å². The van der Waals surface area contributed by atoms with Gasteiger partial charge in [0.25, 0.3) is 0 Å². The minimum absolute atomic E-state index is 0.0344. The van der Waals surface area contributed by atoms with Crippen LogP contribution in [0, 0.1) is 5.92 Å². The predicted octanol–water partition coefficient (Wildman–Crippen LogP) is 4.12. The molecule has 126 valence electrons. The lowest BCUT2D eigenvalue weighted by Gasteiger charge is -2.26. The summed E-state index contributed by atoms with van der Waals surface area (Å²) in [4.78, 5) is 12.6. The van der Waals surface area contributed by atoms with Crippen molar-refractivity contribution in [2.75, 3.05) is 0 Å².